The van der Waals surface area contributed by atoms with Gasteiger partial charge in [-0.2, -0.15) is 0 Å². The number of hydrogen-bond acceptors (Lipinski definition) is 3. The average molecular weight is 211 g/mol. The van der Waals surface area contributed by atoms with E-state index < -0.39 is 12.3 Å². The molecule has 0 saturated carbocycles. The van der Waals surface area contributed by atoms with Crippen molar-refractivity contribution in [3.63, 3.8) is 0 Å². The highest BCUT2D eigenvalue weighted by molar-refractivity contribution is 6.30. The number of aliphatic hydroxyl groups excluding tert-OH is 1. The lowest BCUT2D eigenvalue weighted by atomic mass is 10.1. The third-order valence-electron chi connectivity index (χ3n) is 1.94. The number of benzene rings is 1. The van der Waals surface area contributed by atoms with Crippen molar-refractivity contribution in [2.45, 2.75) is 6.29 Å². The van der Waals surface area contributed by atoms with Gasteiger partial charge in [0.2, 0.25) is 6.29 Å². The molecule has 1 heterocycles. The molecule has 1 aliphatic rings. The molecule has 2 rings (SSSR count). The summed E-state index contributed by atoms with van der Waals surface area (Å²) in [4.78, 5) is 10.8. The number of ether oxygens (including phenoxy) is 1. The molecule has 1 aromatic rings. The van der Waals surface area contributed by atoms with Crippen LogP contribution in [0.1, 0.15) is 5.56 Å². The number of esters is 1. The van der Waals surface area contributed by atoms with Crippen molar-refractivity contribution in [3.05, 3.63) is 40.9 Å². The van der Waals surface area contributed by atoms with Crippen LogP contribution in [0.15, 0.2) is 30.3 Å². The lowest BCUT2D eigenvalue weighted by molar-refractivity contribution is -0.149. The topological polar surface area (TPSA) is 46.5 Å². The molecule has 0 bridgehead atoms. The summed E-state index contributed by atoms with van der Waals surface area (Å²) < 4.78 is 4.55. The monoisotopic (exact) mass is 210 g/mol. The van der Waals surface area contributed by atoms with Crippen LogP contribution in [0.3, 0.4) is 0 Å². The molecular formula is C10H7ClO3. The standard InChI is InChI=1S/C10H7ClO3/c11-7-3-1-6(2-4-7)8-5-9(12)14-10(8)13/h1-5,10,13H. The Hall–Kier alpha value is -1.32. The van der Waals surface area contributed by atoms with Crippen molar-refractivity contribution in [2.75, 3.05) is 0 Å². The summed E-state index contributed by atoms with van der Waals surface area (Å²) in [6, 6.07) is 6.82. The van der Waals surface area contributed by atoms with Gasteiger partial charge in [0.1, 0.15) is 0 Å². The van der Waals surface area contributed by atoms with Crippen molar-refractivity contribution in [1.82, 2.24) is 0 Å². The van der Waals surface area contributed by atoms with Crippen LogP contribution in [0.5, 0.6) is 0 Å². The summed E-state index contributed by atoms with van der Waals surface area (Å²) in [7, 11) is 0. The number of halogens is 1. The normalized spacial score (nSPS) is 20.6. The highest BCUT2D eigenvalue weighted by Crippen LogP contribution is 2.25. The third-order valence-corrected chi connectivity index (χ3v) is 2.20. The van der Waals surface area contributed by atoms with E-state index in [0.29, 0.717) is 10.6 Å². The lowest BCUT2D eigenvalue weighted by Crippen LogP contribution is -2.09. The smallest absolute Gasteiger partial charge is 0.333 e. The Labute approximate surface area is 85.6 Å². The lowest BCUT2D eigenvalue weighted by Gasteiger charge is -2.06. The van der Waals surface area contributed by atoms with E-state index in [1.807, 2.05) is 0 Å². The van der Waals surface area contributed by atoms with Crippen molar-refractivity contribution in [3.8, 4) is 0 Å². The molecule has 0 fully saturated rings. The zero-order valence-corrected chi connectivity index (χ0v) is 7.86. The van der Waals surface area contributed by atoms with Crippen molar-refractivity contribution in [1.29, 1.82) is 0 Å². The van der Waals surface area contributed by atoms with Crippen LogP contribution < -0.4 is 0 Å². The zero-order chi connectivity index (χ0) is 10.1. The van der Waals surface area contributed by atoms with Gasteiger partial charge in [-0.25, -0.2) is 4.79 Å². The van der Waals surface area contributed by atoms with Gasteiger partial charge < -0.3 is 9.84 Å². The zero-order valence-electron chi connectivity index (χ0n) is 7.11. The minimum absolute atomic E-state index is 0.465. The first-order valence-corrected chi connectivity index (χ1v) is 4.41. The van der Waals surface area contributed by atoms with Crippen LogP contribution >= 0.6 is 11.6 Å². The summed E-state index contributed by atoms with van der Waals surface area (Å²) in [5.74, 6) is -0.526. The first-order chi connectivity index (χ1) is 6.66. The van der Waals surface area contributed by atoms with Gasteiger partial charge in [-0.15, -0.1) is 0 Å². The van der Waals surface area contributed by atoms with Gasteiger partial charge in [0.05, 0.1) is 0 Å². The summed E-state index contributed by atoms with van der Waals surface area (Å²) in [6.07, 6.45) is 0.108. The molecule has 0 aromatic heterocycles. The quantitative estimate of drug-likeness (QED) is 0.717. The van der Waals surface area contributed by atoms with E-state index in [4.69, 9.17) is 11.6 Å². The van der Waals surface area contributed by atoms with E-state index in [-0.39, 0.29) is 0 Å². The van der Waals surface area contributed by atoms with Gasteiger partial charge in [-0.1, -0.05) is 23.7 Å². The molecule has 0 radical (unpaired) electrons. The fourth-order valence-electron chi connectivity index (χ4n) is 1.27. The minimum atomic E-state index is -1.16. The van der Waals surface area contributed by atoms with Crippen LogP contribution in [0.2, 0.25) is 5.02 Å². The van der Waals surface area contributed by atoms with E-state index in [1.165, 1.54) is 6.08 Å². The van der Waals surface area contributed by atoms with E-state index in [2.05, 4.69) is 4.74 Å². The molecule has 72 valence electrons. The Balaban J connectivity index is 2.36. The molecule has 1 N–H and O–H groups in total. The number of cyclic esters (lactones) is 1. The van der Waals surface area contributed by atoms with E-state index in [0.717, 1.165) is 5.56 Å². The summed E-state index contributed by atoms with van der Waals surface area (Å²) in [6.45, 7) is 0. The molecule has 1 aromatic carbocycles. The molecule has 0 amide bonds. The van der Waals surface area contributed by atoms with Crippen LogP contribution in [0, 0.1) is 0 Å². The molecule has 3 nitrogen and oxygen atoms in total. The molecule has 0 spiro atoms. The second-order valence-electron chi connectivity index (χ2n) is 2.90. The van der Waals surface area contributed by atoms with E-state index in [1.54, 1.807) is 24.3 Å². The number of aliphatic hydroxyl groups is 1. The fourth-order valence-corrected chi connectivity index (χ4v) is 1.40. The number of carbonyl (C=O) groups is 1. The Kier molecular flexibility index (Phi) is 2.27. The minimum Gasteiger partial charge on any atom is -0.428 e. The molecular weight excluding hydrogens is 204 g/mol. The maximum atomic E-state index is 10.8. The SMILES string of the molecule is O=C1C=C(c2ccc(Cl)cc2)C(O)O1. The van der Waals surface area contributed by atoms with Crippen LogP contribution in [-0.4, -0.2) is 17.4 Å². The molecule has 4 heteroatoms. The Morgan fingerprint density at radius 1 is 1.29 bits per heavy atom. The van der Waals surface area contributed by atoms with Crippen LogP contribution in [-0.2, 0) is 9.53 Å². The second-order valence-corrected chi connectivity index (χ2v) is 3.33. The highest BCUT2D eigenvalue weighted by atomic mass is 35.5. The molecule has 1 unspecified atom stereocenters. The number of carbonyl (C=O) groups excluding carboxylic acids is 1. The maximum Gasteiger partial charge on any atom is 0.333 e. The van der Waals surface area contributed by atoms with Gasteiger partial charge in [0.25, 0.3) is 0 Å². The number of rotatable bonds is 1. The van der Waals surface area contributed by atoms with Crippen LogP contribution in [0.4, 0.5) is 0 Å². The predicted molar refractivity (Wildman–Crippen MR) is 51.5 cm³/mol. The van der Waals surface area contributed by atoms with Gasteiger partial charge in [-0.05, 0) is 17.7 Å². The first-order valence-electron chi connectivity index (χ1n) is 4.03. The molecule has 1 aliphatic heterocycles. The average Bonchev–Trinajstić information content (AvgIpc) is 2.47. The van der Waals surface area contributed by atoms with Gasteiger partial charge in [-0.3, -0.25) is 0 Å². The van der Waals surface area contributed by atoms with Gasteiger partial charge in [0, 0.05) is 16.7 Å². The van der Waals surface area contributed by atoms with Gasteiger partial charge >= 0.3 is 5.97 Å². The summed E-state index contributed by atoms with van der Waals surface area (Å²) >= 11 is 5.70. The molecule has 0 aliphatic carbocycles. The Morgan fingerprint density at radius 2 is 1.93 bits per heavy atom. The highest BCUT2D eigenvalue weighted by Gasteiger charge is 2.24. The largest absolute Gasteiger partial charge is 0.428 e. The van der Waals surface area contributed by atoms with E-state index in [9.17, 15) is 9.90 Å². The van der Waals surface area contributed by atoms with Crippen molar-refractivity contribution >= 4 is 23.1 Å². The Morgan fingerprint density at radius 3 is 2.43 bits per heavy atom. The maximum absolute atomic E-state index is 10.8. The van der Waals surface area contributed by atoms with E-state index >= 15 is 0 Å². The second kappa shape index (κ2) is 3.44. The van der Waals surface area contributed by atoms with Gasteiger partial charge in [0.15, 0.2) is 0 Å². The predicted octanol–water partition coefficient (Wildman–Crippen LogP) is 1.60. The summed E-state index contributed by atoms with van der Waals surface area (Å²) in [5, 5.41) is 9.94. The molecule has 1 atom stereocenters. The fraction of sp³-hybridized carbons (Fsp3) is 0.100. The van der Waals surface area contributed by atoms with Crippen molar-refractivity contribution < 1.29 is 14.6 Å². The third kappa shape index (κ3) is 1.64. The van der Waals surface area contributed by atoms with Crippen LogP contribution in [0.25, 0.3) is 5.57 Å². The first kappa shape index (κ1) is 9.24. The molecule has 0 saturated heterocycles. The molecule has 14 heavy (non-hydrogen) atoms. The summed E-state index contributed by atoms with van der Waals surface area (Å²) in [5.41, 5.74) is 1.19. The number of hydrogen-bond donors (Lipinski definition) is 1. The van der Waals surface area contributed by atoms with Crippen molar-refractivity contribution in [2.24, 2.45) is 0 Å². The Bertz CT molecular complexity index is 394.